The van der Waals surface area contributed by atoms with Crippen molar-refractivity contribution in [3.05, 3.63) is 45.9 Å². The van der Waals surface area contributed by atoms with Crippen LogP contribution in [0.2, 0.25) is 0 Å². The van der Waals surface area contributed by atoms with Crippen molar-refractivity contribution in [3.8, 4) is 0 Å². The number of hydrogen-bond donors (Lipinski definition) is 2. The van der Waals surface area contributed by atoms with Gasteiger partial charge in [0.05, 0.1) is 10.6 Å². The summed E-state index contributed by atoms with van der Waals surface area (Å²) in [6.45, 7) is 0. The molecule has 2 aromatic rings. The standard InChI is InChI=1S/C14H14FN5O2/c1-16-14-18-11(8-2-3-8)7-13(19-14)17-9-4-5-10(15)12(6-9)20(21)22/h4-8H,2-3H2,1H3,(H2,16,17,18,19). The molecule has 0 atom stereocenters. The molecule has 2 N–H and O–H groups in total. The van der Waals surface area contributed by atoms with E-state index in [0.717, 1.165) is 30.7 Å². The van der Waals surface area contributed by atoms with E-state index in [1.807, 2.05) is 6.07 Å². The average Bonchev–Trinajstić information content (AvgIpc) is 3.33. The molecule has 1 saturated carbocycles. The lowest BCUT2D eigenvalue weighted by atomic mass is 10.2. The number of halogens is 1. The minimum Gasteiger partial charge on any atom is -0.357 e. The van der Waals surface area contributed by atoms with Crippen LogP contribution in [0.25, 0.3) is 0 Å². The third-order valence-electron chi connectivity index (χ3n) is 3.38. The fourth-order valence-electron chi connectivity index (χ4n) is 2.11. The number of nitro benzene ring substituents is 1. The van der Waals surface area contributed by atoms with Gasteiger partial charge in [0, 0.05) is 30.8 Å². The van der Waals surface area contributed by atoms with Gasteiger partial charge in [-0.3, -0.25) is 10.1 Å². The van der Waals surface area contributed by atoms with Crippen LogP contribution >= 0.6 is 0 Å². The van der Waals surface area contributed by atoms with Crippen LogP contribution in [0.15, 0.2) is 24.3 Å². The van der Waals surface area contributed by atoms with E-state index in [2.05, 4.69) is 20.6 Å². The minimum absolute atomic E-state index is 0.399. The molecule has 0 spiro atoms. The molecule has 3 rings (SSSR count). The van der Waals surface area contributed by atoms with Gasteiger partial charge in [0.15, 0.2) is 0 Å². The first-order valence-corrected chi connectivity index (χ1v) is 6.84. The maximum Gasteiger partial charge on any atom is 0.306 e. The highest BCUT2D eigenvalue weighted by atomic mass is 19.1. The molecule has 1 heterocycles. The van der Waals surface area contributed by atoms with Crippen molar-refractivity contribution in [2.75, 3.05) is 17.7 Å². The zero-order valence-corrected chi connectivity index (χ0v) is 11.8. The second-order valence-corrected chi connectivity index (χ2v) is 5.07. The van der Waals surface area contributed by atoms with Crippen molar-refractivity contribution < 1.29 is 9.31 Å². The molecule has 22 heavy (non-hydrogen) atoms. The van der Waals surface area contributed by atoms with Gasteiger partial charge in [-0.05, 0) is 25.0 Å². The third kappa shape index (κ3) is 2.95. The van der Waals surface area contributed by atoms with Crippen molar-refractivity contribution >= 4 is 23.1 Å². The lowest BCUT2D eigenvalue weighted by Gasteiger charge is -2.09. The van der Waals surface area contributed by atoms with Crippen molar-refractivity contribution in [1.29, 1.82) is 0 Å². The average molecular weight is 303 g/mol. The normalized spacial score (nSPS) is 13.7. The number of aromatic nitrogens is 2. The lowest BCUT2D eigenvalue weighted by molar-refractivity contribution is -0.387. The van der Waals surface area contributed by atoms with Crippen molar-refractivity contribution in [2.45, 2.75) is 18.8 Å². The zero-order chi connectivity index (χ0) is 15.7. The maximum atomic E-state index is 13.4. The number of benzene rings is 1. The fraction of sp³-hybridized carbons (Fsp3) is 0.286. The SMILES string of the molecule is CNc1nc(Nc2ccc(F)c([N+](=O)[O-])c2)cc(C2CC2)n1. The van der Waals surface area contributed by atoms with Crippen LogP contribution in [-0.4, -0.2) is 21.9 Å². The molecule has 1 aliphatic rings. The number of nitrogens with one attached hydrogen (secondary N) is 2. The Morgan fingerprint density at radius 2 is 2.09 bits per heavy atom. The first-order valence-electron chi connectivity index (χ1n) is 6.84. The number of rotatable bonds is 5. The summed E-state index contributed by atoms with van der Waals surface area (Å²) in [5.74, 6) is 0.566. The first-order chi connectivity index (χ1) is 10.6. The summed E-state index contributed by atoms with van der Waals surface area (Å²) >= 11 is 0. The second kappa shape index (κ2) is 5.55. The quantitative estimate of drug-likeness (QED) is 0.651. The molecule has 1 aromatic heterocycles. The number of nitrogens with zero attached hydrogens (tertiary/aromatic N) is 3. The Morgan fingerprint density at radius 3 is 2.73 bits per heavy atom. The Labute approximate surface area is 125 Å². The van der Waals surface area contributed by atoms with Crippen LogP contribution in [0.4, 0.5) is 27.5 Å². The highest BCUT2D eigenvalue weighted by Gasteiger charge is 2.26. The van der Waals surface area contributed by atoms with Crippen LogP contribution in [0.5, 0.6) is 0 Å². The molecule has 1 fully saturated rings. The Hall–Kier alpha value is -2.77. The Bertz CT molecular complexity index is 733. The fourth-order valence-corrected chi connectivity index (χ4v) is 2.11. The molecule has 114 valence electrons. The van der Waals surface area contributed by atoms with Gasteiger partial charge >= 0.3 is 5.69 Å². The second-order valence-electron chi connectivity index (χ2n) is 5.07. The van der Waals surface area contributed by atoms with E-state index in [4.69, 9.17) is 0 Å². The van der Waals surface area contributed by atoms with Gasteiger partial charge in [-0.2, -0.15) is 9.37 Å². The van der Waals surface area contributed by atoms with Gasteiger partial charge in [0.25, 0.3) is 0 Å². The van der Waals surface area contributed by atoms with Crippen molar-refractivity contribution in [2.24, 2.45) is 0 Å². The van der Waals surface area contributed by atoms with E-state index in [0.29, 0.717) is 23.4 Å². The van der Waals surface area contributed by atoms with Crippen LogP contribution < -0.4 is 10.6 Å². The van der Waals surface area contributed by atoms with E-state index in [1.54, 1.807) is 7.05 Å². The summed E-state index contributed by atoms with van der Waals surface area (Å²) in [6, 6.07) is 5.45. The van der Waals surface area contributed by atoms with Crippen LogP contribution in [0.1, 0.15) is 24.5 Å². The molecule has 0 unspecified atom stereocenters. The summed E-state index contributed by atoms with van der Waals surface area (Å²) in [4.78, 5) is 18.7. The molecule has 0 saturated heterocycles. The minimum atomic E-state index is -0.868. The highest BCUT2D eigenvalue weighted by Crippen LogP contribution is 2.40. The number of nitro groups is 1. The van der Waals surface area contributed by atoms with E-state index in [1.165, 1.54) is 6.07 Å². The Kier molecular flexibility index (Phi) is 3.58. The van der Waals surface area contributed by atoms with Gasteiger partial charge < -0.3 is 10.6 Å². The van der Waals surface area contributed by atoms with Crippen LogP contribution in [0, 0.1) is 15.9 Å². The smallest absolute Gasteiger partial charge is 0.306 e. The molecule has 0 aliphatic heterocycles. The molecular formula is C14H14FN5O2. The molecule has 0 amide bonds. The van der Waals surface area contributed by atoms with E-state index >= 15 is 0 Å². The number of hydrogen-bond acceptors (Lipinski definition) is 6. The molecule has 7 nitrogen and oxygen atoms in total. The summed E-state index contributed by atoms with van der Waals surface area (Å²) < 4.78 is 13.4. The molecule has 1 aromatic carbocycles. The highest BCUT2D eigenvalue weighted by molar-refractivity contribution is 5.61. The maximum absolute atomic E-state index is 13.4. The predicted molar refractivity (Wildman–Crippen MR) is 79.9 cm³/mol. The van der Waals surface area contributed by atoms with Gasteiger partial charge in [-0.1, -0.05) is 0 Å². The van der Waals surface area contributed by atoms with Crippen LogP contribution in [-0.2, 0) is 0 Å². The molecule has 0 bridgehead atoms. The lowest BCUT2D eigenvalue weighted by Crippen LogP contribution is -2.03. The molecule has 0 radical (unpaired) electrons. The van der Waals surface area contributed by atoms with Gasteiger partial charge in [-0.25, -0.2) is 4.98 Å². The van der Waals surface area contributed by atoms with Crippen molar-refractivity contribution in [3.63, 3.8) is 0 Å². The third-order valence-corrected chi connectivity index (χ3v) is 3.38. The largest absolute Gasteiger partial charge is 0.357 e. The van der Waals surface area contributed by atoms with E-state index in [9.17, 15) is 14.5 Å². The monoisotopic (exact) mass is 303 g/mol. The Morgan fingerprint density at radius 1 is 1.32 bits per heavy atom. The summed E-state index contributed by atoms with van der Waals surface area (Å²) in [6.07, 6.45) is 2.20. The predicted octanol–water partition coefficient (Wildman–Crippen LogP) is 3.19. The topological polar surface area (TPSA) is 93.0 Å². The van der Waals surface area contributed by atoms with Crippen molar-refractivity contribution in [1.82, 2.24) is 9.97 Å². The molecule has 1 aliphatic carbocycles. The summed E-state index contributed by atoms with van der Waals surface area (Å²) in [5, 5.41) is 16.6. The number of anilines is 3. The molecule has 8 heteroatoms. The molecular weight excluding hydrogens is 289 g/mol. The summed E-state index contributed by atoms with van der Waals surface area (Å²) in [5.41, 5.74) is 0.754. The van der Waals surface area contributed by atoms with Gasteiger partial charge in [0.1, 0.15) is 5.82 Å². The Balaban J connectivity index is 1.90. The zero-order valence-electron chi connectivity index (χ0n) is 11.8. The first kappa shape index (κ1) is 14.2. The van der Waals surface area contributed by atoms with Gasteiger partial charge in [0.2, 0.25) is 11.8 Å². The van der Waals surface area contributed by atoms with E-state index < -0.39 is 16.4 Å². The van der Waals surface area contributed by atoms with Crippen LogP contribution in [0.3, 0.4) is 0 Å². The van der Waals surface area contributed by atoms with E-state index in [-0.39, 0.29) is 0 Å². The van der Waals surface area contributed by atoms with Gasteiger partial charge in [-0.15, -0.1) is 0 Å². The summed E-state index contributed by atoms with van der Waals surface area (Å²) in [7, 11) is 1.72.